The number of carbonyl (C=O) groups is 3. The summed E-state index contributed by atoms with van der Waals surface area (Å²) in [5.41, 5.74) is -0.277. The molecule has 2 aromatic carbocycles. The lowest BCUT2D eigenvalue weighted by Gasteiger charge is -2.50. The smallest absolute Gasteiger partial charge is 0.267 e. The van der Waals surface area contributed by atoms with Gasteiger partial charge in [-0.25, -0.2) is 4.39 Å². The Balaban J connectivity index is 1.77. The van der Waals surface area contributed by atoms with Crippen molar-refractivity contribution >= 4 is 23.4 Å². The van der Waals surface area contributed by atoms with Crippen molar-refractivity contribution in [3.8, 4) is 0 Å². The summed E-state index contributed by atoms with van der Waals surface area (Å²) in [7, 11) is 0. The summed E-state index contributed by atoms with van der Waals surface area (Å²) >= 11 is 0. The van der Waals surface area contributed by atoms with E-state index in [4.69, 9.17) is 0 Å². The van der Waals surface area contributed by atoms with Gasteiger partial charge in [0.2, 0.25) is 11.6 Å². The van der Waals surface area contributed by atoms with Gasteiger partial charge in [0.25, 0.3) is 11.8 Å². The minimum Gasteiger partial charge on any atom is -0.348 e. The van der Waals surface area contributed by atoms with Crippen molar-refractivity contribution < 1.29 is 18.8 Å². The molecule has 1 atom stereocenters. The fourth-order valence-corrected chi connectivity index (χ4v) is 4.37. The number of halogens is 1. The van der Waals surface area contributed by atoms with Crippen molar-refractivity contribution in [1.82, 2.24) is 10.2 Å². The van der Waals surface area contributed by atoms with Gasteiger partial charge >= 0.3 is 0 Å². The molecule has 0 aliphatic carbocycles. The van der Waals surface area contributed by atoms with Crippen molar-refractivity contribution in [3.63, 3.8) is 0 Å². The van der Waals surface area contributed by atoms with E-state index in [-0.39, 0.29) is 37.2 Å². The first-order chi connectivity index (χ1) is 13.9. The Morgan fingerprint density at radius 2 is 1.83 bits per heavy atom. The summed E-state index contributed by atoms with van der Waals surface area (Å²) in [5.74, 6) is -1.40. The standard InChI is InChI=1S/C22H22FN3O3/c1-14(2)25-20(28)16-8-4-6-10-18(16)26-19(27)11-12-22(25,26)21(29)24-13-15-7-3-5-9-17(15)23/h3-10,14H,11-13H2,1-2H3,(H,24,29)/t22-/m1/s1. The van der Waals surface area contributed by atoms with Crippen LogP contribution in [0.25, 0.3) is 0 Å². The summed E-state index contributed by atoms with van der Waals surface area (Å²) in [6, 6.07) is 12.7. The second-order valence-corrected chi connectivity index (χ2v) is 7.61. The molecule has 0 bridgehead atoms. The highest BCUT2D eigenvalue weighted by molar-refractivity contribution is 6.16. The lowest BCUT2D eigenvalue weighted by atomic mass is 9.94. The van der Waals surface area contributed by atoms with Gasteiger partial charge in [0.1, 0.15) is 5.82 Å². The number of hydrogen-bond donors (Lipinski definition) is 1. The molecule has 0 radical (unpaired) electrons. The maximum Gasteiger partial charge on any atom is 0.267 e. The molecule has 1 fully saturated rings. The number of nitrogens with one attached hydrogen (secondary N) is 1. The summed E-state index contributed by atoms with van der Waals surface area (Å²) in [5, 5.41) is 2.76. The third-order valence-corrected chi connectivity index (χ3v) is 5.58. The molecule has 2 aliphatic heterocycles. The third kappa shape index (κ3) is 2.80. The average Bonchev–Trinajstić information content (AvgIpc) is 3.05. The minimum absolute atomic E-state index is 0.0307. The molecule has 0 aromatic heterocycles. The molecule has 3 amide bonds. The van der Waals surface area contributed by atoms with Gasteiger partial charge in [-0.1, -0.05) is 30.3 Å². The fourth-order valence-electron chi connectivity index (χ4n) is 4.37. The predicted octanol–water partition coefficient (Wildman–Crippen LogP) is 2.83. The van der Waals surface area contributed by atoms with E-state index in [1.807, 2.05) is 13.8 Å². The van der Waals surface area contributed by atoms with Gasteiger partial charge in [0.05, 0.1) is 11.3 Å². The van der Waals surface area contributed by atoms with Crippen molar-refractivity contribution in [2.24, 2.45) is 0 Å². The zero-order valence-corrected chi connectivity index (χ0v) is 16.3. The van der Waals surface area contributed by atoms with Crippen molar-refractivity contribution in [2.75, 3.05) is 4.90 Å². The van der Waals surface area contributed by atoms with Crippen LogP contribution in [-0.2, 0) is 16.1 Å². The molecule has 0 spiro atoms. The van der Waals surface area contributed by atoms with Crippen LogP contribution in [-0.4, -0.2) is 34.3 Å². The fraction of sp³-hybridized carbons (Fsp3) is 0.318. The van der Waals surface area contributed by atoms with Crippen molar-refractivity contribution in [2.45, 2.75) is 44.9 Å². The van der Waals surface area contributed by atoms with E-state index in [1.54, 1.807) is 42.5 Å². The van der Waals surface area contributed by atoms with Gasteiger partial charge in [-0.05, 0) is 32.0 Å². The highest BCUT2D eigenvalue weighted by Crippen LogP contribution is 2.45. The van der Waals surface area contributed by atoms with Crippen LogP contribution in [0.4, 0.5) is 10.1 Å². The number of rotatable bonds is 4. The number of fused-ring (bicyclic) bond motifs is 3. The number of para-hydroxylation sites is 1. The first kappa shape index (κ1) is 19.1. The molecule has 7 heteroatoms. The number of amides is 3. The predicted molar refractivity (Wildman–Crippen MR) is 105 cm³/mol. The topological polar surface area (TPSA) is 69.7 Å². The van der Waals surface area contributed by atoms with Gasteiger partial charge in [0, 0.05) is 31.0 Å². The minimum atomic E-state index is -1.46. The van der Waals surface area contributed by atoms with E-state index < -0.39 is 17.4 Å². The van der Waals surface area contributed by atoms with Gasteiger partial charge in [-0.3, -0.25) is 19.3 Å². The van der Waals surface area contributed by atoms with Gasteiger partial charge < -0.3 is 10.2 Å². The van der Waals surface area contributed by atoms with Crippen LogP contribution in [0.3, 0.4) is 0 Å². The molecule has 0 saturated carbocycles. The Morgan fingerprint density at radius 1 is 1.14 bits per heavy atom. The Hall–Kier alpha value is -3.22. The van der Waals surface area contributed by atoms with E-state index in [2.05, 4.69) is 5.32 Å². The number of nitrogens with zero attached hydrogens (tertiary/aromatic N) is 2. The van der Waals surface area contributed by atoms with Crippen LogP contribution in [0.5, 0.6) is 0 Å². The number of benzene rings is 2. The number of hydrogen-bond acceptors (Lipinski definition) is 3. The summed E-state index contributed by atoms with van der Waals surface area (Å²) in [6.07, 6.45) is 0.338. The van der Waals surface area contributed by atoms with Crippen LogP contribution in [0, 0.1) is 5.82 Å². The zero-order chi connectivity index (χ0) is 20.8. The highest BCUT2D eigenvalue weighted by Gasteiger charge is 2.61. The van der Waals surface area contributed by atoms with E-state index in [0.717, 1.165) is 0 Å². The van der Waals surface area contributed by atoms with Crippen LogP contribution >= 0.6 is 0 Å². The first-order valence-electron chi connectivity index (χ1n) is 9.65. The molecule has 150 valence electrons. The van der Waals surface area contributed by atoms with Gasteiger partial charge in [-0.15, -0.1) is 0 Å². The lowest BCUT2D eigenvalue weighted by Crippen LogP contribution is -2.71. The Morgan fingerprint density at radius 3 is 2.55 bits per heavy atom. The maximum atomic E-state index is 14.0. The van der Waals surface area contributed by atoms with Gasteiger partial charge in [-0.2, -0.15) is 0 Å². The van der Waals surface area contributed by atoms with Crippen LogP contribution in [0.1, 0.15) is 42.6 Å². The molecule has 29 heavy (non-hydrogen) atoms. The molecule has 2 aliphatic rings. The number of anilines is 1. The summed E-state index contributed by atoms with van der Waals surface area (Å²) in [4.78, 5) is 42.5. The quantitative estimate of drug-likeness (QED) is 0.866. The van der Waals surface area contributed by atoms with E-state index in [1.165, 1.54) is 15.9 Å². The van der Waals surface area contributed by atoms with E-state index in [0.29, 0.717) is 16.8 Å². The monoisotopic (exact) mass is 395 g/mol. The van der Waals surface area contributed by atoms with Crippen molar-refractivity contribution in [3.05, 3.63) is 65.5 Å². The molecule has 0 unspecified atom stereocenters. The largest absolute Gasteiger partial charge is 0.348 e. The Bertz CT molecular complexity index is 1010. The highest BCUT2D eigenvalue weighted by atomic mass is 19.1. The second kappa shape index (κ2) is 6.99. The SMILES string of the molecule is CC(C)N1C(=O)c2ccccc2N2C(=O)CC[C@]21C(=O)NCc1ccccc1F. The van der Waals surface area contributed by atoms with Crippen LogP contribution in [0.15, 0.2) is 48.5 Å². The molecule has 6 nitrogen and oxygen atoms in total. The zero-order valence-electron chi connectivity index (χ0n) is 16.3. The molecule has 2 aromatic rings. The van der Waals surface area contributed by atoms with Crippen molar-refractivity contribution in [1.29, 1.82) is 0 Å². The van der Waals surface area contributed by atoms with Gasteiger partial charge in [0.15, 0.2) is 0 Å². The van der Waals surface area contributed by atoms with Crippen LogP contribution in [0.2, 0.25) is 0 Å². The molecule has 1 saturated heterocycles. The van der Waals surface area contributed by atoms with Crippen LogP contribution < -0.4 is 10.2 Å². The van der Waals surface area contributed by atoms with E-state index in [9.17, 15) is 18.8 Å². The Labute approximate surface area is 168 Å². The average molecular weight is 395 g/mol. The number of carbonyl (C=O) groups excluding carboxylic acids is 3. The molecule has 4 rings (SSSR count). The molecule has 1 N–H and O–H groups in total. The normalized spacial score (nSPS) is 20.7. The third-order valence-electron chi connectivity index (χ3n) is 5.58. The summed E-state index contributed by atoms with van der Waals surface area (Å²) in [6.45, 7) is 3.61. The second-order valence-electron chi connectivity index (χ2n) is 7.61. The maximum absolute atomic E-state index is 14.0. The molecular formula is C22H22FN3O3. The molecular weight excluding hydrogens is 373 g/mol. The summed E-state index contributed by atoms with van der Waals surface area (Å²) < 4.78 is 14.0. The molecule has 2 heterocycles. The Kier molecular flexibility index (Phi) is 4.61. The first-order valence-corrected chi connectivity index (χ1v) is 9.65. The van der Waals surface area contributed by atoms with E-state index >= 15 is 0 Å². The lowest BCUT2D eigenvalue weighted by molar-refractivity contribution is -0.134.